The largest absolute Gasteiger partial charge is 0.270 e. The summed E-state index contributed by atoms with van der Waals surface area (Å²) in [5.74, 6) is 0.860. The molecule has 3 aromatic rings. The molecule has 0 spiro atoms. The van der Waals surface area contributed by atoms with Gasteiger partial charge in [0, 0.05) is 6.42 Å². The van der Waals surface area contributed by atoms with Crippen molar-refractivity contribution in [3.63, 3.8) is 0 Å². The molecule has 0 amide bonds. The normalized spacial score (nSPS) is 11.2. The fourth-order valence-corrected chi connectivity index (χ4v) is 2.71. The number of benzene rings is 1. The molecule has 0 aliphatic carbocycles. The second kappa shape index (κ2) is 4.09. The van der Waals surface area contributed by atoms with E-state index < -0.39 is 0 Å². The third-order valence-electron chi connectivity index (χ3n) is 2.58. The second-order valence-electron chi connectivity index (χ2n) is 3.58. The smallest absolute Gasteiger partial charge is 0.229 e. The number of thiazole rings is 1. The lowest BCUT2D eigenvalue weighted by Gasteiger charge is -2.06. The van der Waals surface area contributed by atoms with Crippen LogP contribution < -0.4 is 0 Å². The van der Waals surface area contributed by atoms with Crippen LogP contribution in [-0.2, 0) is 6.42 Å². The van der Waals surface area contributed by atoms with Crippen molar-refractivity contribution in [3.05, 3.63) is 34.8 Å². The van der Waals surface area contributed by atoms with Gasteiger partial charge >= 0.3 is 0 Å². The Kier molecular flexibility index (Phi) is 2.57. The van der Waals surface area contributed by atoms with Crippen LogP contribution in [0.5, 0.6) is 0 Å². The molecule has 4 nitrogen and oxygen atoms in total. The molecule has 0 fully saturated rings. The number of hydrogen-bond acceptors (Lipinski definition) is 4. The maximum Gasteiger partial charge on any atom is 0.229 e. The SMILES string of the molecule is CCc1nnc(Cl)n1-c1ccc2ncsc2c1. The van der Waals surface area contributed by atoms with E-state index in [1.165, 1.54) is 0 Å². The van der Waals surface area contributed by atoms with Gasteiger partial charge < -0.3 is 0 Å². The predicted molar refractivity (Wildman–Crippen MR) is 68.9 cm³/mol. The lowest BCUT2D eigenvalue weighted by Crippen LogP contribution is -1.99. The molecule has 0 unspecified atom stereocenters. The third kappa shape index (κ3) is 1.71. The highest BCUT2D eigenvalue weighted by Crippen LogP contribution is 2.24. The number of rotatable bonds is 2. The fraction of sp³-hybridized carbons (Fsp3) is 0.182. The molecular formula is C11H9ClN4S. The summed E-state index contributed by atoms with van der Waals surface area (Å²) in [6.45, 7) is 2.03. The Hall–Kier alpha value is -1.46. The third-order valence-corrected chi connectivity index (χ3v) is 3.62. The first-order valence-corrected chi connectivity index (χ1v) is 6.48. The summed E-state index contributed by atoms with van der Waals surface area (Å²) >= 11 is 7.67. The van der Waals surface area contributed by atoms with Crippen molar-refractivity contribution in [3.8, 4) is 5.69 Å². The standard InChI is InChI=1S/C11H9ClN4S/c1-2-10-14-15-11(12)16(10)7-3-4-8-9(5-7)17-6-13-8/h3-6H,2H2,1H3. The van der Waals surface area contributed by atoms with E-state index in [2.05, 4.69) is 21.2 Å². The molecule has 0 aliphatic rings. The minimum atomic E-state index is 0.394. The molecule has 2 heterocycles. The molecule has 17 heavy (non-hydrogen) atoms. The van der Waals surface area contributed by atoms with E-state index in [4.69, 9.17) is 11.6 Å². The number of halogens is 1. The Morgan fingerprint density at radius 3 is 3.06 bits per heavy atom. The average molecular weight is 265 g/mol. The van der Waals surface area contributed by atoms with Crippen molar-refractivity contribution in [2.75, 3.05) is 0 Å². The minimum absolute atomic E-state index is 0.394. The molecular weight excluding hydrogens is 256 g/mol. The predicted octanol–water partition coefficient (Wildman–Crippen LogP) is 3.09. The summed E-state index contributed by atoms with van der Waals surface area (Å²) in [5.41, 5.74) is 3.82. The van der Waals surface area contributed by atoms with Gasteiger partial charge in [-0.1, -0.05) is 6.92 Å². The Bertz CT molecular complexity index is 673. The zero-order valence-electron chi connectivity index (χ0n) is 9.09. The number of aryl methyl sites for hydroxylation is 1. The van der Waals surface area contributed by atoms with E-state index >= 15 is 0 Å². The van der Waals surface area contributed by atoms with Crippen molar-refractivity contribution in [1.29, 1.82) is 0 Å². The number of hydrogen-bond donors (Lipinski definition) is 0. The van der Waals surface area contributed by atoms with Crippen LogP contribution in [0.1, 0.15) is 12.7 Å². The quantitative estimate of drug-likeness (QED) is 0.714. The van der Waals surface area contributed by atoms with Crippen LogP contribution in [0.2, 0.25) is 5.28 Å². The molecule has 1 aromatic carbocycles. The Morgan fingerprint density at radius 2 is 2.24 bits per heavy atom. The van der Waals surface area contributed by atoms with Crippen LogP contribution in [0.4, 0.5) is 0 Å². The van der Waals surface area contributed by atoms with Crippen LogP contribution in [0.25, 0.3) is 15.9 Å². The van der Waals surface area contributed by atoms with Crippen molar-refractivity contribution >= 4 is 33.2 Å². The molecule has 0 saturated heterocycles. The van der Waals surface area contributed by atoms with Crippen LogP contribution in [0.15, 0.2) is 23.7 Å². The molecule has 0 N–H and O–H groups in total. The van der Waals surface area contributed by atoms with Gasteiger partial charge in [0.2, 0.25) is 5.28 Å². The maximum atomic E-state index is 6.06. The van der Waals surface area contributed by atoms with E-state index in [0.29, 0.717) is 5.28 Å². The second-order valence-corrected chi connectivity index (χ2v) is 4.80. The number of aromatic nitrogens is 4. The molecule has 6 heteroatoms. The first-order valence-electron chi connectivity index (χ1n) is 5.23. The van der Waals surface area contributed by atoms with Crippen molar-refractivity contribution < 1.29 is 0 Å². The number of nitrogens with zero attached hydrogens (tertiary/aromatic N) is 4. The van der Waals surface area contributed by atoms with Gasteiger partial charge in [0.15, 0.2) is 0 Å². The van der Waals surface area contributed by atoms with Crippen LogP contribution in [-0.4, -0.2) is 19.7 Å². The van der Waals surface area contributed by atoms with Gasteiger partial charge in [0.1, 0.15) is 5.82 Å². The van der Waals surface area contributed by atoms with Crippen molar-refractivity contribution in [1.82, 2.24) is 19.7 Å². The fourth-order valence-electron chi connectivity index (χ4n) is 1.76. The minimum Gasteiger partial charge on any atom is -0.270 e. The molecule has 0 atom stereocenters. The molecule has 3 rings (SSSR count). The Labute approximate surface area is 107 Å². The average Bonchev–Trinajstić information content (AvgIpc) is 2.93. The summed E-state index contributed by atoms with van der Waals surface area (Å²) in [4.78, 5) is 4.25. The van der Waals surface area contributed by atoms with Crippen LogP contribution in [0.3, 0.4) is 0 Å². The molecule has 2 aromatic heterocycles. The first-order chi connectivity index (χ1) is 8.29. The van der Waals surface area contributed by atoms with E-state index in [-0.39, 0.29) is 0 Å². The summed E-state index contributed by atoms with van der Waals surface area (Å²) in [5, 5.41) is 8.34. The zero-order chi connectivity index (χ0) is 11.8. The first kappa shape index (κ1) is 10.7. The molecule has 0 saturated carbocycles. The van der Waals surface area contributed by atoms with E-state index in [1.807, 2.05) is 29.1 Å². The van der Waals surface area contributed by atoms with Gasteiger partial charge in [0.05, 0.1) is 21.4 Å². The molecule has 0 aliphatic heterocycles. The van der Waals surface area contributed by atoms with Gasteiger partial charge in [0.25, 0.3) is 0 Å². The lowest BCUT2D eigenvalue weighted by molar-refractivity contribution is 0.884. The summed E-state index contributed by atoms with van der Waals surface area (Å²) in [7, 11) is 0. The summed E-state index contributed by atoms with van der Waals surface area (Å²) < 4.78 is 3.00. The highest BCUT2D eigenvalue weighted by atomic mass is 35.5. The van der Waals surface area contributed by atoms with E-state index in [9.17, 15) is 0 Å². The Balaban J connectivity index is 2.22. The van der Waals surface area contributed by atoms with Crippen LogP contribution >= 0.6 is 22.9 Å². The van der Waals surface area contributed by atoms with E-state index in [1.54, 1.807) is 11.3 Å². The van der Waals surface area contributed by atoms with Crippen LogP contribution in [0, 0.1) is 0 Å². The molecule has 86 valence electrons. The highest BCUT2D eigenvalue weighted by Gasteiger charge is 2.11. The number of fused-ring (bicyclic) bond motifs is 1. The lowest BCUT2D eigenvalue weighted by atomic mass is 10.3. The summed E-state index contributed by atoms with van der Waals surface area (Å²) in [6, 6.07) is 6.02. The monoisotopic (exact) mass is 264 g/mol. The zero-order valence-corrected chi connectivity index (χ0v) is 10.7. The van der Waals surface area contributed by atoms with Crippen molar-refractivity contribution in [2.24, 2.45) is 0 Å². The van der Waals surface area contributed by atoms with Gasteiger partial charge in [-0.05, 0) is 29.8 Å². The van der Waals surface area contributed by atoms with Gasteiger partial charge in [-0.2, -0.15) is 0 Å². The molecule has 0 radical (unpaired) electrons. The summed E-state index contributed by atoms with van der Waals surface area (Å²) in [6.07, 6.45) is 0.792. The van der Waals surface area contributed by atoms with Gasteiger partial charge in [-0.15, -0.1) is 21.5 Å². The topological polar surface area (TPSA) is 43.6 Å². The van der Waals surface area contributed by atoms with Crippen molar-refractivity contribution in [2.45, 2.75) is 13.3 Å². The highest BCUT2D eigenvalue weighted by molar-refractivity contribution is 7.16. The van der Waals surface area contributed by atoms with E-state index in [0.717, 1.165) is 28.1 Å². The molecule has 0 bridgehead atoms. The van der Waals surface area contributed by atoms with Gasteiger partial charge in [-0.3, -0.25) is 4.57 Å². The Morgan fingerprint density at radius 1 is 1.35 bits per heavy atom. The maximum absolute atomic E-state index is 6.06. The van der Waals surface area contributed by atoms with Gasteiger partial charge in [-0.25, -0.2) is 4.98 Å².